The lowest BCUT2D eigenvalue weighted by Crippen LogP contribution is -2.28. The van der Waals surface area contributed by atoms with E-state index >= 15 is 0 Å². The Hall–Kier alpha value is -2.18. The highest BCUT2D eigenvalue weighted by atomic mass is 16.2. The van der Waals surface area contributed by atoms with E-state index in [0.717, 1.165) is 0 Å². The molecule has 2 aromatic rings. The lowest BCUT2D eigenvalue weighted by Gasteiger charge is -2.21. The van der Waals surface area contributed by atoms with Gasteiger partial charge in [0, 0.05) is 18.2 Å². The van der Waals surface area contributed by atoms with Gasteiger partial charge in [0.2, 0.25) is 0 Å². The first-order valence-electron chi connectivity index (χ1n) is 6.01. The van der Waals surface area contributed by atoms with E-state index in [-0.39, 0.29) is 5.54 Å². The van der Waals surface area contributed by atoms with Crippen LogP contribution >= 0.6 is 0 Å². The van der Waals surface area contributed by atoms with Gasteiger partial charge in [0.25, 0.3) is 5.56 Å². The quantitative estimate of drug-likeness (QED) is 0.815. The fourth-order valence-corrected chi connectivity index (χ4v) is 1.85. The van der Waals surface area contributed by atoms with Crippen LogP contribution in [0.15, 0.2) is 15.8 Å². The van der Waals surface area contributed by atoms with Crippen LogP contribution in [0.3, 0.4) is 0 Å². The van der Waals surface area contributed by atoms with E-state index in [4.69, 9.17) is 0 Å². The van der Waals surface area contributed by atoms with E-state index in [9.17, 15) is 9.59 Å². The van der Waals surface area contributed by atoms with E-state index < -0.39 is 11.2 Å². The van der Waals surface area contributed by atoms with Crippen molar-refractivity contribution in [1.82, 2.24) is 24.7 Å². The van der Waals surface area contributed by atoms with Crippen LogP contribution in [0.25, 0.3) is 0 Å². The number of rotatable bonds is 2. The van der Waals surface area contributed by atoms with Crippen molar-refractivity contribution in [3.8, 4) is 0 Å². The average Bonchev–Trinajstić information content (AvgIpc) is 2.63. The van der Waals surface area contributed by atoms with Crippen LogP contribution < -0.4 is 11.2 Å². The molecule has 0 aliphatic rings. The Balaban J connectivity index is 2.44. The summed E-state index contributed by atoms with van der Waals surface area (Å²) in [4.78, 5) is 31.7. The van der Waals surface area contributed by atoms with Gasteiger partial charge < -0.3 is 4.98 Å². The van der Waals surface area contributed by atoms with Gasteiger partial charge in [-0.25, -0.2) is 14.5 Å². The highest BCUT2D eigenvalue weighted by Crippen LogP contribution is 2.16. The van der Waals surface area contributed by atoms with E-state index in [0.29, 0.717) is 23.6 Å². The largest absolute Gasteiger partial charge is 0.325 e. The number of nitrogens with zero attached hydrogens (tertiary/aromatic N) is 3. The maximum atomic E-state index is 11.7. The van der Waals surface area contributed by atoms with Gasteiger partial charge in [0.1, 0.15) is 11.6 Å². The van der Waals surface area contributed by atoms with E-state index in [2.05, 4.69) is 20.1 Å². The molecule has 2 N–H and O–H groups in total. The SMILES string of the molecule is Cc1nc(Cc2c[nH]c(=O)[nH]c2=O)n(C(C)(C)C)n1. The lowest BCUT2D eigenvalue weighted by atomic mass is 10.1. The number of aromatic amines is 2. The van der Waals surface area contributed by atoms with Crippen LogP contribution in [-0.2, 0) is 12.0 Å². The van der Waals surface area contributed by atoms with Crippen molar-refractivity contribution in [3.63, 3.8) is 0 Å². The molecular weight excluding hydrogens is 246 g/mol. The first-order valence-corrected chi connectivity index (χ1v) is 6.01. The maximum Gasteiger partial charge on any atom is 0.325 e. The van der Waals surface area contributed by atoms with E-state index in [1.165, 1.54) is 6.20 Å². The highest BCUT2D eigenvalue weighted by molar-refractivity contribution is 5.12. The zero-order valence-corrected chi connectivity index (χ0v) is 11.4. The normalized spacial score (nSPS) is 11.8. The summed E-state index contributed by atoms with van der Waals surface area (Å²) in [6.45, 7) is 7.86. The third kappa shape index (κ3) is 2.81. The Bertz CT molecular complexity index is 702. The Morgan fingerprint density at radius 3 is 2.58 bits per heavy atom. The minimum atomic E-state index is -0.512. The van der Waals surface area contributed by atoms with Gasteiger partial charge >= 0.3 is 5.69 Å². The molecule has 0 bridgehead atoms. The first kappa shape index (κ1) is 13.3. The van der Waals surface area contributed by atoms with Crippen LogP contribution in [0.5, 0.6) is 0 Å². The van der Waals surface area contributed by atoms with Crippen molar-refractivity contribution in [2.45, 2.75) is 39.7 Å². The molecular formula is C12H17N5O2. The van der Waals surface area contributed by atoms with Gasteiger partial charge in [-0.1, -0.05) is 0 Å². The predicted octanol–water partition coefficient (Wildman–Crippen LogP) is 0.309. The Morgan fingerprint density at radius 2 is 2.00 bits per heavy atom. The molecule has 0 aliphatic carbocycles. The Morgan fingerprint density at radius 1 is 1.32 bits per heavy atom. The summed E-state index contributed by atoms with van der Waals surface area (Å²) in [6.07, 6.45) is 1.74. The molecule has 0 aromatic carbocycles. The minimum absolute atomic E-state index is 0.217. The van der Waals surface area contributed by atoms with Crippen LogP contribution in [0.1, 0.15) is 38.0 Å². The number of hydrogen-bond acceptors (Lipinski definition) is 4. The number of hydrogen-bond donors (Lipinski definition) is 2. The fourth-order valence-electron chi connectivity index (χ4n) is 1.85. The van der Waals surface area contributed by atoms with E-state index in [1.807, 2.05) is 27.7 Å². The van der Waals surface area contributed by atoms with Crippen molar-refractivity contribution < 1.29 is 0 Å². The van der Waals surface area contributed by atoms with Crippen LogP contribution in [0.2, 0.25) is 0 Å². The summed E-state index contributed by atoms with van der Waals surface area (Å²) < 4.78 is 1.80. The molecule has 2 rings (SSSR count). The molecule has 2 aromatic heterocycles. The first-order chi connectivity index (χ1) is 8.77. The summed E-state index contributed by atoms with van der Waals surface area (Å²) in [5, 5.41) is 4.35. The standard InChI is InChI=1S/C12H17N5O2/c1-7-14-9(17(16-7)12(2,3)4)5-8-6-13-11(19)15-10(8)18/h6H,5H2,1-4H3,(H2,13,15,18,19). The second-order valence-corrected chi connectivity index (χ2v) is 5.43. The molecule has 0 amide bonds. The van der Waals surface area contributed by atoms with E-state index in [1.54, 1.807) is 4.68 Å². The van der Waals surface area contributed by atoms with Gasteiger partial charge in [-0.3, -0.25) is 9.78 Å². The minimum Gasteiger partial charge on any atom is -0.314 e. The molecule has 0 spiro atoms. The van der Waals surface area contributed by atoms with Crippen molar-refractivity contribution in [2.24, 2.45) is 0 Å². The fraction of sp³-hybridized carbons (Fsp3) is 0.500. The van der Waals surface area contributed by atoms with Crippen molar-refractivity contribution in [2.75, 3.05) is 0 Å². The van der Waals surface area contributed by atoms with Gasteiger partial charge in [-0.05, 0) is 27.7 Å². The number of aromatic nitrogens is 5. The summed E-state index contributed by atoms with van der Waals surface area (Å²) in [7, 11) is 0. The average molecular weight is 263 g/mol. The number of nitrogens with one attached hydrogen (secondary N) is 2. The lowest BCUT2D eigenvalue weighted by molar-refractivity contribution is 0.342. The third-order valence-corrected chi connectivity index (χ3v) is 2.66. The maximum absolute atomic E-state index is 11.7. The molecule has 7 heteroatoms. The third-order valence-electron chi connectivity index (χ3n) is 2.66. The molecule has 2 heterocycles. The summed E-state index contributed by atoms with van der Waals surface area (Å²) in [6, 6.07) is 0. The monoisotopic (exact) mass is 263 g/mol. The number of H-pyrrole nitrogens is 2. The summed E-state index contributed by atoms with van der Waals surface area (Å²) >= 11 is 0. The van der Waals surface area contributed by atoms with Gasteiger partial charge in [0.15, 0.2) is 0 Å². The molecule has 0 aliphatic heterocycles. The second-order valence-electron chi connectivity index (χ2n) is 5.43. The van der Waals surface area contributed by atoms with Crippen LogP contribution in [0.4, 0.5) is 0 Å². The van der Waals surface area contributed by atoms with Crippen LogP contribution in [-0.4, -0.2) is 24.7 Å². The van der Waals surface area contributed by atoms with Crippen LogP contribution in [0, 0.1) is 6.92 Å². The zero-order valence-electron chi connectivity index (χ0n) is 11.4. The van der Waals surface area contributed by atoms with Crippen molar-refractivity contribution in [1.29, 1.82) is 0 Å². The molecule has 0 unspecified atom stereocenters. The second kappa shape index (κ2) is 4.49. The molecule has 102 valence electrons. The highest BCUT2D eigenvalue weighted by Gasteiger charge is 2.20. The van der Waals surface area contributed by atoms with Gasteiger partial charge in [-0.15, -0.1) is 0 Å². The number of aryl methyl sites for hydroxylation is 1. The zero-order chi connectivity index (χ0) is 14.2. The smallest absolute Gasteiger partial charge is 0.314 e. The Labute approximate surface area is 109 Å². The topological polar surface area (TPSA) is 96.4 Å². The molecule has 0 fully saturated rings. The Kier molecular flexibility index (Phi) is 3.13. The van der Waals surface area contributed by atoms with Crippen molar-refractivity contribution in [3.05, 3.63) is 44.2 Å². The molecule has 0 saturated carbocycles. The molecule has 7 nitrogen and oxygen atoms in total. The molecule has 0 atom stereocenters. The van der Waals surface area contributed by atoms with Gasteiger partial charge in [-0.2, -0.15) is 5.10 Å². The predicted molar refractivity (Wildman–Crippen MR) is 70.2 cm³/mol. The molecule has 0 radical (unpaired) electrons. The molecule has 19 heavy (non-hydrogen) atoms. The molecule has 0 saturated heterocycles. The summed E-state index contributed by atoms with van der Waals surface area (Å²) in [5.74, 6) is 1.35. The van der Waals surface area contributed by atoms with Crippen molar-refractivity contribution >= 4 is 0 Å². The summed E-state index contributed by atoms with van der Waals surface area (Å²) in [5.41, 5.74) is -0.671. The van der Waals surface area contributed by atoms with Gasteiger partial charge in [0.05, 0.1) is 5.54 Å².